The Labute approximate surface area is 202 Å². The number of amides is 1. The van der Waals surface area contributed by atoms with Crippen molar-refractivity contribution < 1.29 is 27.8 Å². The second-order valence-electron chi connectivity index (χ2n) is 9.39. The number of benzene rings is 2. The van der Waals surface area contributed by atoms with Gasteiger partial charge >= 0.3 is 6.18 Å². The SMILES string of the molecule is COc1ccc(CCC(=O)N2C[C@H]3CCN(c4ccc(C#N)c(C(F)(F)F)c4)C[C@@]3(CO)C2)cc1. The number of rotatable bonds is 6. The minimum atomic E-state index is -4.63. The van der Waals surface area contributed by atoms with Crippen molar-refractivity contribution in [3.63, 3.8) is 0 Å². The van der Waals surface area contributed by atoms with Crippen LogP contribution in [0.4, 0.5) is 18.9 Å². The van der Waals surface area contributed by atoms with Gasteiger partial charge in [-0.2, -0.15) is 18.4 Å². The Bertz CT molecular complexity index is 1110. The van der Waals surface area contributed by atoms with Crippen molar-refractivity contribution in [2.24, 2.45) is 11.3 Å². The lowest BCUT2D eigenvalue weighted by Gasteiger charge is -2.44. The molecule has 9 heteroatoms. The van der Waals surface area contributed by atoms with E-state index in [2.05, 4.69) is 0 Å². The number of carbonyl (C=O) groups excluding carboxylic acids is 1. The van der Waals surface area contributed by atoms with Crippen LogP contribution in [0, 0.1) is 22.7 Å². The Morgan fingerprint density at radius 3 is 2.60 bits per heavy atom. The molecule has 186 valence electrons. The second-order valence-corrected chi connectivity index (χ2v) is 9.39. The minimum absolute atomic E-state index is 0.00678. The molecule has 0 unspecified atom stereocenters. The molecule has 2 fully saturated rings. The first kappa shape index (κ1) is 24.9. The number of piperidine rings is 1. The number of halogens is 3. The van der Waals surface area contributed by atoms with E-state index in [9.17, 15) is 23.1 Å². The molecule has 2 aliphatic heterocycles. The summed E-state index contributed by atoms with van der Waals surface area (Å²) in [4.78, 5) is 16.6. The molecule has 2 aromatic rings. The number of aryl methyl sites for hydroxylation is 1. The van der Waals surface area contributed by atoms with E-state index in [0.29, 0.717) is 51.1 Å². The number of ether oxygens (including phenoxy) is 1. The lowest BCUT2D eigenvalue weighted by Crippen LogP contribution is -2.51. The van der Waals surface area contributed by atoms with Gasteiger partial charge in [-0.1, -0.05) is 12.1 Å². The third-order valence-electron chi connectivity index (χ3n) is 7.31. The number of methoxy groups -OCH3 is 1. The van der Waals surface area contributed by atoms with E-state index < -0.39 is 22.7 Å². The highest BCUT2D eigenvalue weighted by Gasteiger charge is 2.50. The smallest absolute Gasteiger partial charge is 0.417 e. The summed E-state index contributed by atoms with van der Waals surface area (Å²) in [6.07, 6.45) is -3.04. The summed E-state index contributed by atoms with van der Waals surface area (Å²) in [6.45, 7) is 1.62. The average molecular weight is 488 g/mol. The average Bonchev–Trinajstić information content (AvgIpc) is 3.26. The molecule has 0 spiro atoms. The molecule has 2 aliphatic rings. The third kappa shape index (κ3) is 5.08. The molecular formula is C26H28F3N3O3. The Kier molecular flexibility index (Phi) is 6.95. The quantitative estimate of drug-likeness (QED) is 0.670. The molecule has 4 rings (SSSR count). The fraction of sp³-hybridized carbons (Fsp3) is 0.462. The van der Waals surface area contributed by atoms with Crippen LogP contribution in [-0.2, 0) is 17.4 Å². The molecule has 2 aromatic carbocycles. The molecule has 1 N–H and O–H groups in total. The van der Waals surface area contributed by atoms with Crippen molar-refractivity contribution in [1.82, 2.24) is 4.90 Å². The van der Waals surface area contributed by atoms with Gasteiger partial charge in [0.05, 0.1) is 30.9 Å². The summed E-state index contributed by atoms with van der Waals surface area (Å²) in [5.41, 5.74) is -0.575. The van der Waals surface area contributed by atoms with Crippen LogP contribution in [0.15, 0.2) is 42.5 Å². The zero-order chi connectivity index (χ0) is 25.2. The van der Waals surface area contributed by atoms with Gasteiger partial charge in [0.2, 0.25) is 5.91 Å². The van der Waals surface area contributed by atoms with E-state index in [0.717, 1.165) is 17.4 Å². The van der Waals surface area contributed by atoms with Crippen LogP contribution in [0.3, 0.4) is 0 Å². The summed E-state index contributed by atoms with van der Waals surface area (Å²) < 4.78 is 45.5. The van der Waals surface area contributed by atoms with Gasteiger partial charge in [0.15, 0.2) is 0 Å². The van der Waals surface area contributed by atoms with Gasteiger partial charge in [-0.3, -0.25) is 4.79 Å². The molecule has 2 atom stereocenters. The molecule has 0 saturated carbocycles. The van der Waals surface area contributed by atoms with E-state index in [1.165, 1.54) is 12.1 Å². The van der Waals surface area contributed by atoms with Gasteiger partial charge in [0.25, 0.3) is 0 Å². The first-order valence-corrected chi connectivity index (χ1v) is 11.6. The van der Waals surface area contributed by atoms with Crippen LogP contribution < -0.4 is 9.64 Å². The van der Waals surface area contributed by atoms with Crippen LogP contribution >= 0.6 is 0 Å². The fourth-order valence-electron chi connectivity index (χ4n) is 5.28. The summed E-state index contributed by atoms with van der Waals surface area (Å²) in [7, 11) is 1.60. The van der Waals surface area contributed by atoms with Crippen LogP contribution in [0.1, 0.15) is 29.5 Å². The van der Waals surface area contributed by atoms with Gasteiger partial charge in [-0.05, 0) is 54.7 Å². The summed E-state index contributed by atoms with van der Waals surface area (Å²) in [5, 5.41) is 19.4. The molecule has 2 saturated heterocycles. The Hall–Kier alpha value is -3.25. The maximum absolute atomic E-state index is 13.5. The van der Waals surface area contributed by atoms with Gasteiger partial charge in [-0.25, -0.2) is 0 Å². The first-order chi connectivity index (χ1) is 16.7. The summed E-state index contributed by atoms with van der Waals surface area (Å²) in [5.74, 6) is 0.837. The van der Waals surface area contributed by atoms with E-state index >= 15 is 0 Å². The lowest BCUT2D eigenvalue weighted by atomic mass is 9.74. The number of anilines is 1. The highest BCUT2D eigenvalue weighted by Crippen LogP contribution is 2.44. The standard InChI is InChI=1S/C26H28F3N3O3/c1-35-22-7-2-18(3-8-22)4-9-24(34)32-14-20-10-11-31(15-25(20,16-32)17-33)21-6-5-19(13-30)23(12-21)26(27,28)29/h2-3,5-8,12,20,33H,4,9-11,14-17H2,1H3/t20-,25+/m1/s1. The Morgan fingerprint density at radius 2 is 1.97 bits per heavy atom. The molecule has 1 amide bonds. The largest absolute Gasteiger partial charge is 0.497 e. The Morgan fingerprint density at radius 1 is 1.23 bits per heavy atom. The summed E-state index contributed by atoms with van der Waals surface area (Å²) >= 11 is 0. The van der Waals surface area contributed by atoms with Crippen molar-refractivity contribution in [3.05, 3.63) is 59.2 Å². The van der Waals surface area contributed by atoms with Gasteiger partial charge in [0, 0.05) is 43.7 Å². The van der Waals surface area contributed by atoms with Gasteiger partial charge in [-0.15, -0.1) is 0 Å². The van der Waals surface area contributed by atoms with Gasteiger partial charge in [0.1, 0.15) is 5.75 Å². The van der Waals surface area contributed by atoms with E-state index in [-0.39, 0.29) is 18.4 Å². The molecule has 2 heterocycles. The van der Waals surface area contributed by atoms with Crippen molar-refractivity contribution in [1.29, 1.82) is 5.26 Å². The topological polar surface area (TPSA) is 76.8 Å². The Balaban J connectivity index is 1.45. The normalized spacial score (nSPS) is 22.0. The molecule has 6 nitrogen and oxygen atoms in total. The van der Waals surface area contributed by atoms with E-state index in [1.54, 1.807) is 18.1 Å². The number of nitrogens with zero attached hydrogens (tertiary/aromatic N) is 3. The molecule has 35 heavy (non-hydrogen) atoms. The predicted molar refractivity (Wildman–Crippen MR) is 124 cm³/mol. The zero-order valence-corrected chi connectivity index (χ0v) is 19.5. The lowest BCUT2D eigenvalue weighted by molar-refractivity contribution is -0.137. The number of carbonyl (C=O) groups is 1. The molecule has 0 aromatic heterocycles. The number of hydrogen-bond acceptors (Lipinski definition) is 5. The van der Waals surface area contributed by atoms with Crippen LogP contribution in [0.25, 0.3) is 0 Å². The van der Waals surface area contributed by atoms with Crippen molar-refractivity contribution >= 4 is 11.6 Å². The number of fused-ring (bicyclic) bond motifs is 1. The molecular weight excluding hydrogens is 459 g/mol. The molecule has 0 radical (unpaired) electrons. The third-order valence-corrected chi connectivity index (χ3v) is 7.31. The van der Waals surface area contributed by atoms with Crippen LogP contribution in [-0.4, -0.2) is 55.8 Å². The van der Waals surface area contributed by atoms with Crippen LogP contribution in [0.5, 0.6) is 5.75 Å². The zero-order valence-electron chi connectivity index (χ0n) is 19.5. The highest BCUT2D eigenvalue weighted by atomic mass is 19.4. The predicted octanol–water partition coefficient (Wildman–Crippen LogP) is 3.87. The van der Waals surface area contributed by atoms with Crippen LogP contribution in [0.2, 0.25) is 0 Å². The van der Waals surface area contributed by atoms with E-state index in [1.807, 2.05) is 29.2 Å². The first-order valence-electron chi connectivity index (χ1n) is 11.6. The number of aliphatic hydroxyl groups excluding tert-OH is 1. The van der Waals surface area contributed by atoms with Gasteiger partial charge < -0.3 is 19.6 Å². The number of hydrogen-bond donors (Lipinski definition) is 1. The maximum atomic E-state index is 13.5. The summed E-state index contributed by atoms with van der Waals surface area (Å²) in [6, 6.07) is 12.9. The van der Waals surface area contributed by atoms with Crippen molar-refractivity contribution in [3.8, 4) is 11.8 Å². The maximum Gasteiger partial charge on any atom is 0.417 e. The fourth-order valence-corrected chi connectivity index (χ4v) is 5.28. The second kappa shape index (κ2) is 9.78. The number of nitriles is 1. The molecule has 0 bridgehead atoms. The number of aliphatic hydroxyl groups is 1. The number of alkyl halides is 3. The monoisotopic (exact) mass is 487 g/mol. The van der Waals surface area contributed by atoms with Crippen molar-refractivity contribution in [2.45, 2.75) is 25.4 Å². The molecule has 0 aliphatic carbocycles. The number of likely N-dealkylation sites (tertiary alicyclic amines) is 1. The van der Waals surface area contributed by atoms with Crippen molar-refractivity contribution in [2.75, 3.05) is 44.8 Å². The van der Waals surface area contributed by atoms with E-state index in [4.69, 9.17) is 10.00 Å². The minimum Gasteiger partial charge on any atom is -0.497 e. The highest BCUT2D eigenvalue weighted by molar-refractivity contribution is 5.77.